The molecule has 1 aliphatic heterocycles. The molecule has 0 saturated carbocycles. The van der Waals surface area contributed by atoms with Crippen LogP contribution in [0.1, 0.15) is 27.1 Å². The van der Waals surface area contributed by atoms with Crippen molar-refractivity contribution in [2.45, 2.75) is 6.42 Å². The minimum atomic E-state index is -0.434. The fraction of sp³-hybridized carbons (Fsp3) is 0.375. The maximum atomic E-state index is 13.5. The zero-order valence-electron chi connectivity index (χ0n) is 19.2. The van der Waals surface area contributed by atoms with Crippen LogP contribution in [0.15, 0.2) is 42.5 Å². The summed E-state index contributed by atoms with van der Waals surface area (Å²) in [6.45, 7) is 4.72. The zero-order chi connectivity index (χ0) is 23.2. The summed E-state index contributed by atoms with van der Waals surface area (Å²) in [4.78, 5) is 34.0. The predicted octanol–water partition coefficient (Wildman–Crippen LogP) is 3.88. The molecule has 1 fully saturated rings. The lowest BCUT2D eigenvalue weighted by Gasteiger charge is -2.27. The van der Waals surface area contributed by atoms with Gasteiger partial charge in [0, 0.05) is 31.7 Å². The molecule has 1 aromatic heterocycles. The third-order valence-corrected chi connectivity index (χ3v) is 6.61. The number of rotatable bonds is 8. The molecule has 10 heteroatoms. The molecule has 0 radical (unpaired) electrons. The van der Waals surface area contributed by atoms with Crippen molar-refractivity contribution in [1.29, 1.82) is 0 Å². The zero-order valence-corrected chi connectivity index (χ0v) is 20.8. The third-order valence-electron chi connectivity index (χ3n) is 5.57. The van der Waals surface area contributed by atoms with Crippen LogP contribution in [-0.2, 0) is 9.47 Å². The number of aromatic nitrogens is 1. The number of halogens is 1. The summed E-state index contributed by atoms with van der Waals surface area (Å²) in [6.07, 6.45) is 0.811. The first-order valence-electron chi connectivity index (χ1n) is 10.8. The Hall–Kier alpha value is -2.72. The Morgan fingerprint density at radius 3 is 2.47 bits per heavy atom. The quantitative estimate of drug-likeness (QED) is 0.430. The normalized spacial score (nSPS) is 13.8. The Kier molecular flexibility index (Phi) is 9.23. The van der Waals surface area contributed by atoms with E-state index in [4.69, 9.17) is 19.2 Å². The first kappa shape index (κ1) is 25.9. The van der Waals surface area contributed by atoms with E-state index in [2.05, 4.69) is 4.90 Å². The molecule has 0 bridgehead atoms. The number of thiazole rings is 1. The lowest BCUT2D eigenvalue weighted by atomic mass is 10.1. The van der Waals surface area contributed by atoms with Crippen molar-refractivity contribution in [2.24, 2.45) is 0 Å². The van der Waals surface area contributed by atoms with Gasteiger partial charge in [0.15, 0.2) is 5.13 Å². The van der Waals surface area contributed by atoms with Gasteiger partial charge < -0.3 is 14.2 Å². The minimum Gasteiger partial charge on any atom is -0.497 e. The van der Waals surface area contributed by atoms with Crippen LogP contribution >= 0.6 is 23.7 Å². The van der Waals surface area contributed by atoms with Gasteiger partial charge >= 0.3 is 5.97 Å². The van der Waals surface area contributed by atoms with Crippen molar-refractivity contribution >= 4 is 51.0 Å². The van der Waals surface area contributed by atoms with Gasteiger partial charge in [-0.1, -0.05) is 11.3 Å². The number of ether oxygens (including phenoxy) is 3. The van der Waals surface area contributed by atoms with Crippen molar-refractivity contribution in [3.63, 3.8) is 0 Å². The maximum absolute atomic E-state index is 13.5. The smallest absolute Gasteiger partial charge is 0.337 e. The number of methoxy groups -OCH3 is 2. The van der Waals surface area contributed by atoms with E-state index < -0.39 is 5.97 Å². The Balaban J connectivity index is 0.00000324. The molecule has 182 valence electrons. The molecule has 0 aliphatic carbocycles. The number of fused-ring (bicyclic) bond motifs is 1. The number of benzene rings is 2. The molecule has 1 aliphatic rings. The van der Waals surface area contributed by atoms with Crippen molar-refractivity contribution in [1.82, 2.24) is 9.88 Å². The third kappa shape index (κ3) is 6.04. The van der Waals surface area contributed by atoms with Crippen molar-refractivity contribution in [3.8, 4) is 5.75 Å². The molecule has 1 amide bonds. The number of hydrogen-bond donors (Lipinski definition) is 0. The Labute approximate surface area is 208 Å². The van der Waals surface area contributed by atoms with Crippen molar-refractivity contribution in [2.75, 3.05) is 58.5 Å². The first-order valence-corrected chi connectivity index (χ1v) is 11.7. The second-order valence-electron chi connectivity index (χ2n) is 7.66. The topological polar surface area (TPSA) is 81.2 Å². The van der Waals surface area contributed by atoms with Gasteiger partial charge in [-0.25, -0.2) is 9.78 Å². The number of esters is 1. The van der Waals surface area contributed by atoms with Crippen LogP contribution in [0.5, 0.6) is 5.75 Å². The van der Waals surface area contributed by atoms with Crippen LogP contribution in [-0.4, -0.2) is 75.4 Å². The van der Waals surface area contributed by atoms with E-state index >= 15 is 0 Å². The highest BCUT2D eigenvalue weighted by Gasteiger charge is 2.22. The molecule has 1 saturated heterocycles. The number of carbonyl (C=O) groups is 2. The van der Waals surface area contributed by atoms with Gasteiger partial charge in [0.25, 0.3) is 5.91 Å². The second kappa shape index (κ2) is 12.1. The van der Waals surface area contributed by atoms with Crippen LogP contribution in [0, 0.1) is 0 Å². The summed E-state index contributed by atoms with van der Waals surface area (Å²) in [6, 6.07) is 12.2. The summed E-state index contributed by atoms with van der Waals surface area (Å²) in [5.41, 5.74) is 1.72. The number of morpholine rings is 1. The van der Waals surface area contributed by atoms with Gasteiger partial charge in [-0.15, -0.1) is 12.4 Å². The van der Waals surface area contributed by atoms with E-state index in [0.29, 0.717) is 22.8 Å². The molecule has 3 aromatic rings. The SMILES string of the molecule is COC(=O)c1ccc(C(=O)N(CCCN2CCOCC2)c2nc3ccc(OC)cc3s2)cc1.Cl. The molecule has 0 spiro atoms. The molecule has 2 aromatic carbocycles. The molecular formula is C24H28ClN3O5S. The van der Waals surface area contributed by atoms with E-state index in [-0.39, 0.29) is 18.3 Å². The Morgan fingerprint density at radius 2 is 1.79 bits per heavy atom. The van der Waals surface area contributed by atoms with Gasteiger partial charge in [0.05, 0.1) is 43.2 Å². The van der Waals surface area contributed by atoms with E-state index in [1.807, 2.05) is 18.2 Å². The molecule has 2 heterocycles. The minimum absolute atomic E-state index is 0. The molecule has 0 N–H and O–H groups in total. The van der Waals surface area contributed by atoms with Gasteiger partial charge in [0.1, 0.15) is 5.75 Å². The first-order chi connectivity index (χ1) is 16.1. The lowest BCUT2D eigenvalue weighted by molar-refractivity contribution is 0.0376. The fourth-order valence-electron chi connectivity index (χ4n) is 3.72. The monoisotopic (exact) mass is 505 g/mol. The highest BCUT2D eigenvalue weighted by molar-refractivity contribution is 7.22. The summed E-state index contributed by atoms with van der Waals surface area (Å²) in [5, 5.41) is 0.641. The Morgan fingerprint density at radius 1 is 1.09 bits per heavy atom. The van der Waals surface area contributed by atoms with Crippen LogP contribution in [0.3, 0.4) is 0 Å². The average molecular weight is 506 g/mol. The summed E-state index contributed by atoms with van der Waals surface area (Å²) < 4.78 is 16.5. The molecule has 0 unspecified atom stereocenters. The largest absolute Gasteiger partial charge is 0.497 e. The van der Waals surface area contributed by atoms with Crippen molar-refractivity contribution < 1.29 is 23.8 Å². The van der Waals surface area contributed by atoms with Crippen LogP contribution in [0.25, 0.3) is 10.2 Å². The van der Waals surface area contributed by atoms with Gasteiger partial charge in [-0.3, -0.25) is 14.6 Å². The van der Waals surface area contributed by atoms with Gasteiger partial charge in [0.2, 0.25) is 0 Å². The van der Waals surface area contributed by atoms with Crippen LogP contribution in [0.2, 0.25) is 0 Å². The van der Waals surface area contributed by atoms with Gasteiger partial charge in [-0.05, 0) is 48.9 Å². The van der Waals surface area contributed by atoms with Crippen molar-refractivity contribution in [3.05, 3.63) is 53.6 Å². The highest BCUT2D eigenvalue weighted by Crippen LogP contribution is 2.32. The number of hydrogen-bond acceptors (Lipinski definition) is 8. The Bertz CT molecular complexity index is 1120. The molecule has 8 nitrogen and oxygen atoms in total. The summed E-state index contributed by atoms with van der Waals surface area (Å²) in [5.74, 6) is 0.164. The second-order valence-corrected chi connectivity index (χ2v) is 8.67. The van der Waals surface area contributed by atoms with E-state index in [9.17, 15) is 9.59 Å². The maximum Gasteiger partial charge on any atom is 0.337 e. The molecular weight excluding hydrogens is 478 g/mol. The average Bonchev–Trinajstić information content (AvgIpc) is 3.29. The number of anilines is 1. The standard InChI is InChI=1S/C24H27N3O5S.ClH/c1-30-19-8-9-20-21(16-19)33-24(25-20)27(11-3-10-26-12-14-32-15-13-26)22(28)17-4-6-18(7-5-17)23(29)31-2;/h4-9,16H,3,10-15H2,1-2H3;1H. The fourth-order valence-corrected chi connectivity index (χ4v) is 4.74. The van der Waals surface area contributed by atoms with E-state index in [0.717, 1.165) is 55.2 Å². The van der Waals surface area contributed by atoms with Gasteiger partial charge in [-0.2, -0.15) is 0 Å². The van der Waals surface area contributed by atoms with Crippen LogP contribution in [0.4, 0.5) is 5.13 Å². The summed E-state index contributed by atoms with van der Waals surface area (Å²) in [7, 11) is 2.96. The number of nitrogens with zero attached hydrogens (tertiary/aromatic N) is 3. The summed E-state index contributed by atoms with van der Waals surface area (Å²) >= 11 is 1.46. The molecule has 34 heavy (non-hydrogen) atoms. The number of carbonyl (C=O) groups excluding carboxylic acids is 2. The molecule has 0 atom stereocenters. The highest BCUT2D eigenvalue weighted by atomic mass is 35.5. The lowest BCUT2D eigenvalue weighted by Crippen LogP contribution is -2.39. The van der Waals surface area contributed by atoms with E-state index in [1.165, 1.54) is 18.4 Å². The predicted molar refractivity (Wildman–Crippen MR) is 135 cm³/mol. The van der Waals surface area contributed by atoms with E-state index in [1.54, 1.807) is 36.3 Å². The van der Waals surface area contributed by atoms with Crippen LogP contribution < -0.4 is 9.64 Å². The molecule has 4 rings (SSSR count). The number of amides is 1.